The molecule has 0 aromatic carbocycles. The van der Waals surface area contributed by atoms with Crippen LogP contribution < -0.4 is 10.6 Å². The molecule has 0 spiro atoms. The zero-order chi connectivity index (χ0) is 16.3. The molecule has 1 fully saturated rings. The molecule has 2 aromatic rings. The molecule has 2 aromatic heterocycles. The largest absolute Gasteiger partial charge is 0.317 e. The van der Waals surface area contributed by atoms with Crippen LogP contribution in [0.4, 0.5) is 10.9 Å². The van der Waals surface area contributed by atoms with Crippen LogP contribution in [0.15, 0.2) is 24.4 Å². The van der Waals surface area contributed by atoms with Crippen molar-refractivity contribution in [3.8, 4) is 0 Å². The summed E-state index contributed by atoms with van der Waals surface area (Å²) in [5.41, 5.74) is 1.49. The van der Waals surface area contributed by atoms with Gasteiger partial charge in [0.2, 0.25) is 0 Å². The predicted octanol–water partition coefficient (Wildman–Crippen LogP) is 5.18. The zero-order valence-corrected chi connectivity index (χ0v) is 17.5. The minimum atomic E-state index is 0. The lowest BCUT2D eigenvalue weighted by Gasteiger charge is -2.22. The van der Waals surface area contributed by atoms with Crippen molar-refractivity contribution in [3.05, 3.63) is 35.0 Å². The predicted molar refractivity (Wildman–Crippen MR) is 112 cm³/mol. The monoisotopic (exact) mass is 402 g/mol. The number of nitrogens with one attached hydrogen (secondary N) is 2. The molecule has 0 atom stereocenters. The van der Waals surface area contributed by atoms with Crippen LogP contribution in [0.25, 0.3) is 0 Å². The van der Waals surface area contributed by atoms with E-state index in [1.54, 1.807) is 11.3 Å². The number of hydrogen-bond donors (Lipinski definition) is 2. The molecule has 3 rings (SSSR count). The van der Waals surface area contributed by atoms with Gasteiger partial charge in [-0.05, 0) is 49.9 Å². The van der Waals surface area contributed by atoms with Crippen molar-refractivity contribution in [3.63, 3.8) is 0 Å². The summed E-state index contributed by atoms with van der Waals surface area (Å²) in [6.45, 7) is 8.94. The number of halogens is 2. The van der Waals surface area contributed by atoms with Crippen LogP contribution in [0.3, 0.4) is 0 Å². The number of anilines is 2. The summed E-state index contributed by atoms with van der Waals surface area (Å²) in [6, 6.07) is 6.26. The van der Waals surface area contributed by atoms with Crippen LogP contribution >= 0.6 is 36.2 Å². The molecule has 0 radical (unpaired) electrons. The Morgan fingerprint density at radius 3 is 2.60 bits per heavy atom. The van der Waals surface area contributed by atoms with E-state index in [0.29, 0.717) is 5.92 Å². The highest BCUT2D eigenvalue weighted by Crippen LogP contribution is 2.29. The number of pyridine rings is 1. The van der Waals surface area contributed by atoms with E-state index < -0.39 is 0 Å². The minimum absolute atomic E-state index is 0. The minimum Gasteiger partial charge on any atom is -0.317 e. The maximum atomic E-state index is 4.80. The number of hydrogen-bond acceptors (Lipinski definition) is 5. The Balaban J connectivity index is 0.00000156. The van der Waals surface area contributed by atoms with Gasteiger partial charge in [0.05, 0.1) is 0 Å². The maximum absolute atomic E-state index is 4.80. The first-order chi connectivity index (χ1) is 11.0. The zero-order valence-electron chi connectivity index (χ0n) is 15.0. The highest BCUT2D eigenvalue weighted by atomic mass is 35.5. The molecular formula is C18H28Cl2N4S. The number of thiazole rings is 1. The Labute approximate surface area is 167 Å². The van der Waals surface area contributed by atoms with E-state index in [9.17, 15) is 0 Å². The quantitative estimate of drug-likeness (QED) is 0.739. The average molecular weight is 403 g/mol. The topological polar surface area (TPSA) is 49.8 Å². The van der Waals surface area contributed by atoms with E-state index in [4.69, 9.17) is 4.98 Å². The number of nitrogens with zero attached hydrogens (tertiary/aromatic N) is 2. The third kappa shape index (κ3) is 6.74. The molecule has 0 bridgehead atoms. The van der Waals surface area contributed by atoms with Gasteiger partial charge in [0.1, 0.15) is 5.82 Å². The van der Waals surface area contributed by atoms with Gasteiger partial charge in [-0.2, -0.15) is 0 Å². The first-order valence-electron chi connectivity index (χ1n) is 8.39. The van der Waals surface area contributed by atoms with Gasteiger partial charge in [0.25, 0.3) is 0 Å². The molecule has 7 heteroatoms. The lowest BCUT2D eigenvalue weighted by Crippen LogP contribution is -2.27. The fourth-order valence-electron chi connectivity index (χ4n) is 2.95. The molecule has 0 amide bonds. The maximum Gasteiger partial charge on any atom is 0.188 e. The molecular weight excluding hydrogens is 375 g/mol. The number of piperidine rings is 1. The molecule has 0 unspecified atom stereocenters. The van der Waals surface area contributed by atoms with Crippen molar-refractivity contribution in [1.82, 2.24) is 15.3 Å². The van der Waals surface area contributed by atoms with E-state index in [1.807, 2.05) is 12.3 Å². The molecule has 25 heavy (non-hydrogen) atoms. The average Bonchev–Trinajstić information content (AvgIpc) is 2.93. The Bertz CT molecular complexity index is 649. The normalized spacial score (nSPS) is 15.2. The second-order valence-electron chi connectivity index (χ2n) is 7.47. The van der Waals surface area contributed by atoms with Crippen molar-refractivity contribution in [2.45, 2.75) is 46.0 Å². The fraction of sp³-hybridized carbons (Fsp3) is 0.556. The van der Waals surface area contributed by atoms with E-state index in [1.165, 1.54) is 23.4 Å². The van der Waals surface area contributed by atoms with E-state index in [0.717, 1.165) is 30.5 Å². The molecule has 1 aliphatic heterocycles. The molecule has 140 valence electrons. The summed E-state index contributed by atoms with van der Waals surface area (Å²) in [7, 11) is 0. The molecule has 1 saturated heterocycles. The molecule has 2 N–H and O–H groups in total. The van der Waals surface area contributed by atoms with E-state index in [2.05, 4.69) is 48.5 Å². The smallest absolute Gasteiger partial charge is 0.188 e. The molecule has 1 aliphatic rings. The summed E-state index contributed by atoms with van der Waals surface area (Å²) < 4.78 is 0. The summed E-state index contributed by atoms with van der Waals surface area (Å²) in [5, 5.41) is 7.71. The summed E-state index contributed by atoms with van der Waals surface area (Å²) in [6.07, 6.45) is 5.37. The van der Waals surface area contributed by atoms with Crippen LogP contribution in [0, 0.1) is 5.41 Å². The van der Waals surface area contributed by atoms with Crippen LogP contribution in [-0.4, -0.2) is 23.1 Å². The van der Waals surface area contributed by atoms with Gasteiger partial charge in [-0.25, -0.2) is 9.97 Å². The Kier molecular flexibility index (Phi) is 8.61. The van der Waals surface area contributed by atoms with Gasteiger partial charge in [-0.3, -0.25) is 0 Å². The van der Waals surface area contributed by atoms with Gasteiger partial charge in [-0.1, -0.05) is 26.8 Å². The number of rotatable bonds is 4. The second kappa shape index (κ2) is 9.72. The standard InChI is InChI=1S/C18H26N4S.2ClH/c1-18(2,3)11-14-12-20-17(23-14)22-16-6-4-5-15(21-16)13-7-9-19-10-8-13;;/h4-6,12-13,19H,7-11H2,1-3H3,(H,20,21,22);2*1H. The van der Waals surface area contributed by atoms with Crippen molar-refractivity contribution in [1.29, 1.82) is 0 Å². The van der Waals surface area contributed by atoms with Crippen molar-refractivity contribution in [2.75, 3.05) is 18.4 Å². The van der Waals surface area contributed by atoms with Crippen LogP contribution in [-0.2, 0) is 6.42 Å². The Hall–Kier alpha value is -0.880. The van der Waals surface area contributed by atoms with Crippen molar-refractivity contribution < 1.29 is 0 Å². The van der Waals surface area contributed by atoms with Crippen LogP contribution in [0.1, 0.15) is 50.1 Å². The molecule has 3 heterocycles. The second-order valence-corrected chi connectivity index (χ2v) is 8.58. The van der Waals surface area contributed by atoms with Crippen LogP contribution in [0.5, 0.6) is 0 Å². The lowest BCUT2D eigenvalue weighted by molar-refractivity contribution is 0.414. The lowest BCUT2D eigenvalue weighted by atomic mass is 9.92. The van der Waals surface area contributed by atoms with Crippen molar-refractivity contribution in [2.24, 2.45) is 5.41 Å². The van der Waals surface area contributed by atoms with Crippen molar-refractivity contribution >= 4 is 47.1 Å². The fourth-order valence-corrected chi connectivity index (χ4v) is 4.07. The molecule has 4 nitrogen and oxygen atoms in total. The Morgan fingerprint density at radius 2 is 1.92 bits per heavy atom. The SMILES string of the molecule is CC(C)(C)Cc1cnc(Nc2cccc(C3CCNCC3)n2)s1.Cl.Cl. The van der Waals surface area contributed by atoms with E-state index in [-0.39, 0.29) is 30.2 Å². The number of aromatic nitrogens is 2. The van der Waals surface area contributed by atoms with Crippen LogP contribution in [0.2, 0.25) is 0 Å². The summed E-state index contributed by atoms with van der Waals surface area (Å²) in [4.78, 5) is 10.6. The van der Waals surface area contributed by atoms with E-state index >= 15 is 0 Å². The Morgan fingerprint density at radius 1 is 1.20 bits per heavy atom. The highest BCUT2D eigenvalue weighted by molar-refractivity contribution is 7.15. The molecule has 0 saturated carbocycles. The first kappa shape index (κ1) is 22.2. The summed E-state index contributed by atoms with van der Waals surface area (Å²) >= 11 is 1.72. The summed E-state index contributed by atoms with van der Waals surface area (Å²) in [5.74, 6) is 1.48. The van der Waals surface area contributed by atoms with Gasteiger partial charge in [0, 0.05) is 22.7 Å². The molecule has 0 aliphatic carbocycles. The third-order valence-corrected chi connectivity index (χ3v) is 4.93. The van der Waals surface area contributed by atoms with Gasteiger partial charge in [-0.15, -0.1) is 36.2 Å². The third-order valence-electron chi connectivity index (χ3n) is 4.02. The highest BCUT2D eigenvalue weighted by Gasteiger charge is 2.17. The van der Waals surface area contributed by atoms with Gasteiger partial charge in [0.15, 0.2) is 5.13 Å². The van der Waals surface area contributed by atoms with Gasteiger partial charge < -0.3 is 10.6 Å². The first-order valence-corrected chi connectivity index (χ1v) is 9.21. The van der Waals surface area contributed by atoms with Gasteiger partial charge >= 0.3 is 0 Å².